The van der Waals surface area contributed by atoms with Gasteiger partial charge in [0.1, 0.15) is 0 Å². The number of piperazine rings is 1. The lowest BCUT2D eigenvalue weighted by molar-refractivity contribution is -0.132. The number of nitrogens with zero attached hydrogens (tertiary/aromatic N) is 3. The molecule has 0 N–H and O–H groups in total. The molecule has 0 atom stereocenters. The Balaban J connectivity index is 1.40. The normalized spacial score (nSPS) is 19.8. The number of amides is 1. The van der Waals surface area contributed by atoms with E-state index in [1.807, 2.05) is 24.1 Å². The summed E-state index contributed by atoms with van der Waals surface area (Å²) in [5, 5.41) is 0.781. The minimum atomic E-state index is 0.312. The van der Waals surface area contributed by atoms with Crippen molar-refractivity contribution in [1.29, 1.82) is 0 Å². The van der Waals surface area contributed by atoms with Crippen molar-refractivity contribution in [3.8, 4) is 0 Å². The van der Waals surface area contributed by atoms with Crippen LogP contribution in [0.25, 0.3) is 0 Å². The maximum Gasteiger partial charge on any atom is 0.223 e. The lowest BCUT2D eigenvalue weighted by atomic mass is 9.94. The van der Waals surface area contributed by atoms with E-state index in [0.717, 1.165) is 37.7 Å². The van der Waals surface area contributed by atoms with E-state index in [2.05, 4.69) is 21.9 Å². The van der Waals surface area contributed by atoms with Crippen molar-refractivity contribution in [2.45, 2.75) is 44.6 Å². The largest absolute Gasteiger partial charge is 0.369 e. The van der Waals surface area contributed by atoms with Crippen molar-refractivity contribution in [3.63, 3.8) is 0 Å². The molecule has 0 bridgehead atoms. The summed E-state index contributed by atoms with van der Waals surface area (Å²) in [5.74, 6) is 0.312. The van der Waals surface area contributed by atoms with Crippen LogP contribution in [0.4, 0.5) is 5.69 Å². The van der Waals surface area contributed by atoms with Crippen LogP contribution in [0, 0.1) is 0 Å². The van der Waals surface area contributed by atoms with E-state index in [1.165, 1.54) is 37.8 Å². The van der Waals surface area contributed by atoms with Crippen molar-refractivity contribution in [1.82, 2.24) is 9.80 Å². The summed E-state index contributed by atoms with van der Waals surface area (Å²) in [6, 6.07) is 8.54. The van der Waals surface area contributed by atoms with Crippen molar-refractivity contribution < 1.29 is 4.79 Å². The van der Waals surface area contributed by atoms with Gasteiger partial charge in [0.15, 0.2) is 0 Å². The fourth-order valence-electron chi connectivity index (χ4n) is 3.98. The molecule has 1 aliphatic heterocycles. The van der Waals surface area contributed by atoms with Crippen LogP contribution in [0.2, 0.25) is 5.02 Å². The topological polar surface area (TPSA) is 26.8 Å². The highest BCUT2D eigenvalue weighted by atomic mass is 35.5. The predicted molar refractivity (Wildman–Crippen MR) is 104 cm³/mol. The molecule has 0 unspecified atom stereocenters. The van der Waals surface area contributed by atoms with E-state index < -0.39 is 0 Å². The molecule has 2 aliphatic rings. The number of halogens is 1. The Kier molecular flexibility index (Phi) is 6.60. The van der Waals surface area contributed by atoms with Crippen LogP contribution >= 0.6 is 11.6 Å². The molecular weight excluding hydrogens is 334 g/mol. The molecule has 4 nitrogen and oxygen atoms in total. The van der Waals surface area contributed by atoms with Gasteiger partial charge in [-0.3, -0.25) is 9.69 Å². The van der Waals surface area contributed by atoms with Crippen LogP contribution in [0.15, 0.2) is 24.3 Å². The van der Waals surface area contributed by atoms with E-state index in [9.17, 15) is 4.79 Å². The van der Waals surface area contributed by atoms with Gasteiger partial charge >= 0.3 is 0 Å². The lowest BCUT2D eigenvalue weighted by Crippen LogP contribution is -2.47. The third-order valence-electron chi connectivity index (χ3n) is 5.72. The van der Waals surface area contributed by atoms with Gasteiger partial charge in [0.05, 0.1) is 0 Å². The molecule has 1 heterocycles. The van der Waals surface area contributed by atoms with Crippen LogP contribution in [-0.4, -0.2) is 61.5 Å². The molecule has 2 fully saturated rings. The fraction of sp³-hybridized carbons (Fsp3) is 0.650. The molecule has 1 aliphatic carbocycles. The molecule has 0 spiro atoms. The molecule has 3 rings (SSSR count). The highest BCUT2D eigenvalue weighted by Crippen LogP contribution is 2.22. The number of carbonyl (C=O) groups excluding carboxylic acids is 1. The van der Waals surface area contributed by atoms with Crippen LogP contribution in [-0.2, 0) is 4.79 Å². The Morgan fingerprint density at radius 2 is 1.72 bits per heavy atom. The quantitative estimate of drug-likeness (QED) is 0.799. The molecule has 25 heavy (non-hydrogen) atoms. The zero-order valence-electron chi connectivity index (χ0n) is 15.3. The van der Waals surface area contributed by atoms with Crippen molar-refractivity contribution in [3.05, 3.63) is 29.3 Å². The summed E-state index contributed by atoms with van der Waals surface area (Å²) < 4.78 is 0. The highest BCUT2D eigenvalue weighted by Gasteiger charge is 2.23. The number of benzene rings is 1. The van der Waals surface area contributed by atoms with Crippen LogP contribution < -0.4 is 4.90 Å². The minimum Gasteiger partial charge on any atom is -0.369 e. The first-order valence-corrected chi connectivity index (χ1v) is 10.00. The monoisotopic (exact) mass is 363 g/mol. The third kappa shape index (κ3) is 5.11. The van der Waals surface area contributed by atoms with Gasteiger partial charge in [-0.15, -0.1) is 0 Å². The first-order chi connectivity index (χ1) is 12.1. The van der Waals surface area contributed by atoms with Gasteiger partial charge in [0, 0.05) is 62.9 Å². The second-order valence-electron chi connectivity index (χ2n) is 7.35. The predicted octanol–water partition coefficient (Wildman–Crippen LogP) is 3.64. The number of carbonyl (C=O) groups is 1. The number of anilines is 1. The van der Waals surface area contributed by atoms with Crippen LogP contribution in [0.1, 0.15) is 38.5 Å². The van der Waals surface area contributed by atoms with Gasteiger partial charge in [0.2, 0.25) is 5.91 Å². The van der Waals surface area contributed by atoms with Gasteiger partial charge in [-0.1, -0.05) is 30.9 Å². The first-order valence-electron chi connectivity index (χ1n) is 9.62. The van der Waals surface area contributed by atoms with Gasteiger partial charge in [-0.2, -0.15) is 0 Å². The third-order valence-corrected chi connectivity index (χ3v) is 5.97. The van der Waals surface area contributed by atoms with E-state index in [0.29, 0.717) is 18.4 Å². The van der Waals surface area contributed by atoms with Gasteiger partial charge in [0.25, 0.3) is 0 Å². The van der Waals surface area contributed by atoms with Crippen LogP contribution in [0.5, 0.6) is 0 Å². The Hall–Kier alpha value is -1.26. The minimum absolute atomic E-state index is 0.312. The van der Waals surface area contributed by atoms with E-state index in [1.54, 1.807) is 0 Å². The number of hydrogen-bond donors (Lipinski definition) is 0. The van der Waals surface area contributed by atoms with Crippen molar-refractivity contribution >= 4 is 23.2 Å². The summed E-state index contributed by atoms with van der Waals surface area (Å²) in [4.78, 5) is 19.3. The van der Waals surface area contributed by atoms with Crippen molar-refractivity contribution in [2.24, 2.45) is 0 Å². The summed E-state index contributed by atoms with van der Waals surface area (Å²) in [7, 11) is 2.00. The van der Waals surface area contributed by atoms with Gasteiger partial charge in [-0.05, 0) is 37.1 Å². The second-order valence-corrected chi connectivity index (χ2v) is 7.79. The SMILES string of the molecule is CN(C(=O)CCN1CCN(c2ccc(Cl)cc2)CC1)C1CCCCC1. The van der Waals surface area contributed by atoms with Crippen molar-refractivity contribution in [2.75, 3.05) is 44.7 Å². The Morgan fingerprint density at radius 1 is 1.08 bits per heavy atom. The zero-order chi connectivity index (χ0) is 17.6. The molecule has 0 radical (unpaired) electrons. The summed E-state index contributed by atoms with van der Waals surface area (Å²) in [5.41, 5.74) is 1.23. The molecule has 1 amide bonds. The molecule has 1 aromatic carbocycles. The standard InChI is InChI=1S/C20H30ClN3O/c1-22(18-5-3-2-4-6-18)20(25)11-12-23-13-15-24(16-14-23)19-9-7-17(21)8-10-19/h7-10,18H,2-6,11-16H2,1H3. The van der Waals surface area contributed by atoms with E-state index in [4.69, 9.17) is 11.6 Å². The molecule has 0 aromatic heterocycles. The second kappa shape index (κ2) is 8.91. The Labute approximate surface area is 156 Å². The molecular formula is C20H30ClN3O. The summed E-state index contributed by atoms with van der Waals surface area (Å²) in [6.07, 6.45) is 6.89. The van der Waals surface area contributed by atoms with Gasteiger partial charge < -0.3 is 9.80 Å². The number of hydrogen-bond acceptors (Lipinski definition) is 3. The van der Waals surface area contributed by atoms with Gasteiger partial charge in [-0.25, -0.2) is 0 Å². The Morgan fingerprint density at radius 3 is 2.36 bits per heavy atom. The smallest absolute Gasteiger partial charge is 0.223 e. The highest BCUT2D eigenvalue weighted by molar-refractivity contribution is 6.30. The van der Waals surface area contributed by atoms with E-state index in [-0.39, 0.29) is 0 Å². The first kappa shape index (κ1) is 18.5. The Bertz CT molecular complexity index is 549. The van der Waals surface area contributed by atoms with E-state index >= 15 is 0 Å². The molecule has 1 saturated heterocycles. The molecule has 5 heteroatoms. The number of rotatable bonds is 5. The molecule has 1 saturated carbocycles. The summed E-state index contributed by atoms with van der Waals surface area (Å²) >= 11 is 5.96. The summed E-state index contributed by atoms with van der Waals surface area (Å²) in [6.45, 7) is 4.93. The van der Waals surface area contributed by atoms with Crippen LogP contribution in [0.3, 0.4) is 0 Å². The lowest BCUT2D eigenvalue weighted by Gasteiger charge is -2.36. The average Bonchev–Trinajstić information content (AvgIpc) is 2.67. The maximum atomic E-state index is 12.5. The average molecular weight is 364 g/mol. The zero-order valence-corrected chi connectivity index (χ0v) is 16.0. The maximum absolute atomic E-state index is 12.5. The fourth-order valence-corrected chi connectivity index (χ4v) is 4.11. The molecule has 1 aromatic rings. The molecule has 138 valence electrons.